The van der Waals surface area contributed by atoms with Crippen molar-refractivity contribution in [1.29, 1.82) is 0 Å². The topological polar surface area (TPSA) is 26.3 Å². The van der Waals surface area contributed by atoms with Crippen molar-refractivity contribution in [2.45, 2.75) is 53.2 Å². The summed E-state index contributed by atoms with van der Waals surface area (Å²) in [5.41, 5.74) is 0. The second-order valence-corrected chi connectivity index (χ2v) is 5.02. The Bertz CT molecular complexity index is 208. The molecule has 14 heavy (non-hydrogen) atoms. The monoisotopic (exact) mass is 198 g/mol. The van der Waals surface area contributed by atoms with Gasteiger partial charge >= 0.3 is 0 Å². The van der Waals surface area contributed by atoms with Crippen molar-refractivity contribution in [3.63, 3.8) is 0 Å². The maximum atomic E-state index is 11.8. The van der Waals surface area contributed by atoms with Gasteiger partial charge in [0.1, 0.15) is 5.78 Å². The summed E-state index contributed by atoms with van der Waals surface area (Å²) in [5.74, 6) is 1.14. The van der Waals surface area contributed by atoms with Gasteiger partial charge in [-0.2, -0.15) is 0 Å². The second kappa shape index (κ2) is 4.43. The summed E-state index contributed by atoms with van der Waals surface area (Å²) in [5, 5.41) is 0. The van der Waals surface area contributed by atoms with Crippen LogP contribution in [0.3, 0.4) is 0 Å². The summed E-state index contributed by atoms with van der Waals surface area (Å²) < 4.78 is 5.79. The van der Waals surface area contributed by atoms with E-state index < -0.39 is 0 Å². The molecule has 2 nitrogen and oxygen atoms in total. The van der Waals surface area contributed by atoms with Crippen molar-refractivity contribution in [2.75, 3.05) is 0 Å². The van der Waals surface area contributed by atoms with E-state index in [4.69, 9.17) is 4.74 Å². The molecule has 0 aromatic carbocycles. The SMILES string of the molecule is CC(C)C(=O)[C@@H]1C[C@H](C(C)C)O[C@@H]1C. The molecule has 0 saturated carbocycles. The van der Waals surface area contributed by atoms with Crippen LogP contribution in [0.25, 0.3) is 0 Å². The molecule has 0 amide bonds. The van der Waals surface area contributed by atoms with Gasteiger partial charge in [-0.1, -0.05) is 27.7 Å². The molecule has 0 bridgehead atoms. The molecule has 1 aliphatic heterocycles. The molecule has 0 aromatic rings. The number of carbonyl (C=O) groups excluding carboxylic acids is 1. The predicted octanol–water partition coefficient (Wildman–Crippen LogP) is 2.66. The molecule has 3 atom stereocenters. The Kier molecular flexibility index (Phi) is 3.71. The van der Waals surface area contributed by atoms with Crippen molar-refractivity contribution >= 4 is 5.78 Å². The average Bonchev–Trinajstić information content (AvgIpc) is 2.46. The van der Waals surface area contributed by atoms with Gasteiger partial charge in [0.2, 0.25) is 0 Å². The molecule has 1 aliphatic rings. The van der Waals surface area contributed by atoms with Crippen LogP contribution in [0.5, 0.6) is 0 Å². The number of rotatable bonds is 3. The van der Waals surface area contributed by atoms with Crippen molar-refractivity contribution in [1.82, 2.24) is 0 Å². The van der Waals surface area contributed by atoms with Gasteiger partial charge in [-0.3, -0.25) is 4.79 Å². The van der Waals surface area contributed by atoms with E-state index >= 15 is 0 Å². The number of ether oxygens (including phenoxy) is 1. The molecule has 0 unspecified atom stereocenters. The molecule has 0 spiro atoms. The second-order valence-electron chi connectivity index (χ2n) is 5.02. The smallest absolute Gasteiger partial charge is 0.141 e. The lowest BCUT2D eigenvalue weighted by molar-refractivity contribution is -0.127. The fourth-order valence-electron chi connectivity index (χ4n) is 2.07. The number of hydrogen-bond donors (Lipinski definition) is 0. The van der Waals surface area contributed by atoms with E-state index in [0.29, 0.717) is 11.7 Å². The summed E-state index contributed by atoms with van der Waals surface area (Å²) in [6.07, 6.45) is 1.30. The molecule has 0 radical (unpaired) electrons. The third-order valence-electron chi connectivity index (χ3n) is 3.12. The van der Waals surface area contributed by atoms with Crippen LogP contribution >= 0.6 is 0 Å². The molecule has 82 valence electrons. The zero-order valence-corrected chi connectivity index (χ0v) is 9.91. The highest BCUT2D eigenvalue weighted by Gasteiger charge is 2.38. The van der Waals surface area contributed by atoms with Gasteiger partial charge in [0.15, 0.2) is 0 Å². The van der Waals surface area contributed by atoms with Crippen LogP contribution in [0.2, 0.25) is 0 Å². The fourth-order valence-corrected chi connectivity index (χ4v) is 2.07. The zero-order valence-electron chi connectivity index (χ0n) is 9.91. The molecule has 0 aliphatic carbocycles. The van der Waals surface area contributed by atoms with Gasteiger partial charge in [0, 0.05) is 11.8 Å². The first-order valence-electron chi connectivity index (χ1n) is 5.62. The van der Waals surface area contributed by atoms with Crippen LogP contribution in [-0.2, 0) is 9.53 Å². The lowest BCUT2D eigenvalue weighted by Crippen LogP contribution is -2.25. The quantitative estimate of drug-likeness (QED) is 0.697. The molecular formula is C12H22O2. The number of ketones is 1. The van der Waals surface area contributed by atoms with Crippen LogP contribution < -0.4 is 0 Å². The molecule has 0 N–H and O–H groups in total. The number of carbonyl (C=O) groups is 1. The Morgan fingerprint density at radius 3 is 2.21 bits per heavy atom. The third kappa shape index (κ3) is 2.35. The first kappa shape index (κ1) is 11.7. The van der Waals surface area contributed by atoms with Gasteiger partial charge in [-0.25, -0.2) is 0 Å². The van der Waals surface area contributed by atoms with Crippen molar-refractivity contribution in [3.05, 3.63) is 0 Å². The summed E-state index contributed by atoms with van der Waals surface area (Å²) >= 11 is 0. The van der Waals surface area contributed by atoms with Gasteiger partial charge in [-0.05, 0) is 19.3 Å². The van der Waals surface area contributed by atoms with E-state index in [1.807, 2.05) is 20.8 Å². The average molecular weight is 198 g/mol. The first-order chi connectivity index (χ1) is 6.43. The highest BCUT2D eigenvalue weighted by molar-refractivity contribution is 5.83. The molecule has 1 heterocycles. The minimum atomic E-state index is 0.109. The van der Waals surface area contributed by atoms with Gasteiger partial charge in [0.05, 0.1) is 12.2 Å². The Hall–Kier alpha value is -0.370. The molecule has 1 saturated heterocycles. The van der Waals surface area contributed by atoms with Crippen molar-refractivity contribution < 1.29 is 9.53 Å². The van der Waals surface area contributed by atoms with Crippen LogP contribution in [-0.4, -0.2) is 18.0 Å². The number of Topliss-reactive ketones (excluding diaryl/α,β-unsaturated/α-hetero) is 1. The van der Waals surface area contributed by atoms with E-state index in [-0.39, 0.29) is 24.0 Å². The highest BCUT2D eigenvalue weighted by atomic mass is 16.5. The Balaban J connectivity index is 2.61. The molecule has 2 heteroatoms. The molecule has 0 aromatic heterocycles. The van der Waals surface area contributed by atoms with Crippen LogP contribution in [0.4, 0.5) is 0 Å². The Morgan fingerprint density at radius 1 is 1.29 bits per heavy atom. The van der Waals surface area contributed by atoms with E-state index in [0.717, 1.165) is 6.42 Å². The summed E-state index contributed by atoms with van der Waals surface area (Å²) in [7, 11) is 0. The lowest BCUT2D eigenvalue weighted by atomic mass is 9.87. The van der Waals surface area contributed by atoms with E-state index in [1.165, 1.54) is 0 Å². The maximum absolute atomic E-state index is 11.8. The fraction of sp³-hybridized carbons (Fsp3) is 0.917. The highest BCUT2D eigenvalue weighted by Crippen LogP contribution is 2.32. The lowest BCUT2D eigenvalue weighted by Gasteiger charge is -2.14. The number of hydrogen-bond acceptors (Lipinski definition) is 2. The Morgan fingerprint density at radius 2 is 1.86 bits per heavy atom. The predicted molar refractivity (Wildman–Crippen MR) is 57.1 cm³/mol. The molecule has 1 rings (SSSR count). The van der Waals surface area contributed by atoms with E-state index in [9.17, 15) is 4.79 Å². The first-order valence-corrected chi connectivity index (χ1v) is 5.62. The van der Waals surface area contributed by atoms with Crippen LogP contribution in [0.1, 0.15) is 41.0 Å². The third-order valence-corrected chi connectivity index (χ3v) is 3.12. The molecule has 1 fully saturated rings. The van der Waals surface area contributed by atoms with Gasteiger partial charge < -0.3 is 4.74 Å². The van der Waals surface area contributed by atoms with E-state index in [2.05, 4.69) is 13.8 Å². The van der Waals surface area contributed by atoms with Crippen LogP contribution in [0.15, 0.2) is 0 Å². The Labute approximate surface area is 87.0 Å². The minimum Gasteiger partial charge on any atom is -0.374 e. The largest absolute Gasteiger partial charge is 0.374 e. The zero-order chi connectivity index (χ0) is 10.9. The van der Waals surface area contributed by atoms with E-state index in [1.54, 1.807) is 0 Å². The summed E-state index contributed by atoms with van der Waals surface area (Å²) in [6.45, 7) is 10.3. The van der Waals surface area contributed by atoms with Gasteiger partial charge in [0.25, 0.3) is 0 Å². The standard InChI is InChI=1S/C12H22O2/c1-7(2)11-6-10(9(5)14-11)12(13)8(3)4/h7-11H,6H2,1-5H3/t9-,10-,11-/m1/s1. The normalized spacial score (nSPS) is 32.9. The molecular weight excluding hydrogens is 176 g/mol. The van der Waals surface area contributed by atoms with Crippen LogP contribution in [0, 0.1) is 17.8 Å². The van der Waals surface area contributed by atoms with Crippen molar-refractivity contribution in [3.8, 4) is 0 Å². The van der Waals surface area contributed by atoms with Gasteiger partial charge in [-0.15, -0.1) is 0 Å². The maximum Gasteiger partial charge on any atom is 0.141 e. The van der Waals surface area contributed by atoms with Crippen molar-refractivity contribution in [2.24, 2.45) is 17.8 Å². The summed E-state index contributed by atoms with van der Waals surface area (Å²) in [4.78, 5) is 11.8. The summed E-state index contributed by atoms with van der Waals surface area (Å²) in [6, 6.07) is 0. The minimum absolute atomic E-state index is 0.109.